The molecule has 0 aliphatic heterocycles. The van der Waals surface area contributed by atoms with Gasteiger partial charge < -0.3 is 9.47 Å². The van der Waals surface area contributed by atoms with E-state index in [2.05, 4.69) is 13.8 Å². The minimum Gasteiger partial charge on any atom is -0.379 e. The number of ether oxygens (including phenoxy) is 2. The van der Waals surface area contributed by atoms with E-state index in [4.69, 9.17) is 9.47 Å². The second-order valence-corrected chi connectivity index (χ2v) is 3.43. The molecule has 0 bridgehead atoms. The molecule has 0 aromatic rings. The van der Waals surface area contributed by atoms with E-state index in [0.717, 1.165) is 12.8 Å². The Bertz CT molecular complexity index is 112. The van der Waals surface area contributed by atoms with Gasteiger partial charge in [-0.05, 0) is 33.1 Å². The van der Waals surface area contributed by atoms with E-state index in [9.17, 15) is 0 Å². The SMILES string of the molecule is CO[C@@H]1CCC[C@@H]1OC(C)C. The molecule has 0 aromatic carbocycles. The van der Waals surface area contributed by atoms with Crippen LogP contribution in [0, 0.1) is 0 Å². The van der Waals surface area contributed by atoms with Crippen molar-refractivity contribution in [2.75, 3.05) is 7.11 Å². The van der Waals surface area contributed by atoms with E-state index in [1.54, 1.807) is 7.11 Å². The third-order valence-electron chi connectivity index (χ3n) is 2.14. The van der Waals surface area contributed by atoms with E-state index < -0.39 is 0 Å². The Morgan fingerprint density at radius 1 is 1.18 bits per heavy atom. The molecule has 2 atom stereocenters. The van der Waals surface area contributed by atoms with Crippen LogP contribution in [0.1, 0.15) is 33.1 Å². The van der Waals surface area contributed by atoms with Crippen LogP contribution in [0.3, 0.4) is 0 Å². The Morgan fingerprint density at radius 2 is 1.82 bits per heavy atom. The van der Waals surface area contributed by atoms with Crippen molar-refractivity contribution in [1.82, 2.24) is 0 Å². The first-order chi connectivity index (χ1) is 5.24. The van der Waals surface area contributed by atoms with Crippen molar-refractivity contribution in [2.45, 2.75) is 51.4 Å². The molecule has 2 heteroatoms. The molecule has 1 saturated carbocycles. The number of hydrogen-bond donors (Lipinski definition) is 0. The summed E-state index contributed by atoms with van der Waals surface area (Å²) >= 11 is 0. The summed E-state index contributed by atoms with van der Waals surface area (Å²) in [6.45, 7) is 4.15. The quantitative estimate of drug-likeness (QED) is 0.625. The lowest BCUT2D eigenvalue weighted by Gasteiger charge is -2.20. The fourth-order valence-corrected chi connectivity index (χ4v) is 1.67. The van der Waals surface area contributed by atoms with Crippen LogP contribution < -0.4 is 0 Å². The van der Waals surface area contributed by atoms with Crippen LogP contribution in [0.15, 0.2) is 0 Å². The van der Waals surface area contributed by atoms with Crippen LogP contribution in [-0.2, 0) is 9.47 Å². The topological polar surface area (TPSA) is 18.5 Å². The minimum atomic E-state index is 0.329. The van der Waals surface area contributed by atoms with Gasteiger partial charge in [-0.15, -0.1) is 0 Å². The second-order valence-electron chi connectivity index (χ2n) is 3.43. The van der Waals surface area contributed by atoms with Gasteiger partial charge in [-0.1, -0.05) is 0 Å². The van der Waals surface area contributed by atoms with Crippen molar-refractivity contribution in [3.8, 4) is 0 Å². The van der Waals surface area contributed by atoms with Crippen LogP contribution >= 0.6 is 0 Å². The summed E-state index contributed by atoms with van der Waals surface area (Å²) in [6, 6.07) is 0. The van der Waals surface area contributed by atoms with Crippen molar-refractivity contribution in [2.24, 2.45) is 0 Å². The molecule has 1 fully saturated rings. The average Bonchev–Trinajstić information content (AvgIpc) is 2.34. The molecule has 0 heterocycles. The van der Waals surface area contributed by atoms with Crippen molar-refractivity contribution in [1.29, 1.82) is 0 Å². The fourth-order valence-electron chi connectivity index (χ4n) is 1.67. The maximum absolute atomic E-state index is 5.69. The Balaban J connectivity index is 2.31. The van der Waals surface area contributed by atoms with Crippen LogP contribution in [0.5, 0.6) is 0 Å². The zero-order chi connectivity index (χ0) is 8.27. The maximum Gasteiger partial charge on any atom is 0.0840 e. The Morgan fingerprint density at radius 3 is 2.36 bits per heavy atom. The lowest BCUT2D eigenvalue weighted by Crippen LogP contribution is -2.27. The molecule has 0 unspecified atom stereocenters. The summed E-state index contributed by atoms with van der Waals surface area (Å²) in [5, 5.41) is 0. The van der Waals surface area contributed by atoms with E-state index >= 15 is 0 Å². The predicted molar refractivity (Wildman–Crippen MR) is 44.7 cm³/mol. The van der Waals surface area contributed by atoms with Crippen molar-refractivity contribution in [3.63, 3.8) is 0 Å². The van der Waals surface area contributed by atoms with Gasteiger partial charge in [-0.3, -0.25) is 0 Å². The molecule has 1 rings (SSSR count). The highest BCUT2D eigenvalue weighted by Gasteiger charge is 2.28. The van der Waals surface area contributed by atoms with Gasteiger partial charge in [0.1, 0.15) is 0 Å². The lowest BCUT2D eigenvalue weighted by atomic mass is 10.2. The first kappa shape index (κ1) is 9.01. The molecule has 2 nitrogen and oxygen atoms in total. The smallest absolute Gasteiger partial charge is 0.0840 e. The van der Waals surface area contributed by atoms with Gasteiger partial charge in [0, 0.05) is 7.11 Å². The molecule has 1 aliphatic rings. The molecule has 0 aromatic heterocycles. The highest BCUT2D eigenvalue weighted by Crippen LogP contribution is 2.25. The zero-order valence-corrected chi connectivity index (χ0v) is 7.67. The van der Waals surface area contributed by atoms with Crippen molar-refractivity contribution < 1.29 is 9.47 Å². The summed E-state index contributed by atoms with van der Waals surface area (Å²) < 4.78 is 11.0. The number of rotatable bonds is 3. The van der Waals surface area contributed by atoms with Gasteiger partial charge in [-0.25, -0.2) is 0 Å². The fraction of sp³-hybridized carbons (Fsp3) is 1.00. The van der Waals surface area contributed by atoms with Gasteiger partial charge in [-0.2, -0.15) is 0 Å². The average molecular weight is 158 g/mol. The van der Waals surface area contributed by atoms with Gasteiger partial charge in [0.05, 0.1) is 18.3 Å². The van der Waals surface area contributed by atoms with E-state index in [1.807, 2.05) is 0 Å². The monoisotopic (exact) mass is 158 g/mol. The van der Waals surface area contributed by atoms with Crippen LogP contribution in [0.4, 0.5) is 0 Å². The molecule has 11 heavy (non-hydrogen) atoms. The first-order valence-corrected chi connectivity index (χ1v) is 4.42. The van der Waals surface area contributed by atoms with Crippen LogP contribution in [-0.4, -0.2) is 25.4 Å². The third-order valence-corrected chi connectivity index (χ3v) is 2.14. The highest BCUT2D eigenvalue weighted by molar-refractivity contribution is 4.78. The zero-order valence-electron chi connectivity index (χ0n) is 7.67. The first-order valence-electron chi connectivity index (χ1n) is 4.42. The summed E-state index contributed by atoms with van der Waals surface area (Å²) in [5.41, 5.74) is 0. The minimum absolute atomic E-state index is 0.329. The van der Waals surface area contributed by atoms with Crippen LogP contribution in [0.25, 0.3) is 0 Å². The van der Waals surface area contributed by atoms with E-state index in [1.165, 1.54) is 6.42 Å². The highest BCUT2D eigenvalue weighted by atomic mass is 16.5. The molecule has 0 amide bonds. The second kappa shape index (κ2) is 4.07. The molecule has 0 spiro atoms. The maximum atomic E-state index is 5.69. The van der Waals surface area contributed by atoms with Gasteiger partial charge >= 0.3 is 0 Å². The van der Waals surface area contributed by atoms with Crippen molar-refractivity contribution in [3.05, 3.63) is 0 Å². The summed E-state index contributed by atoms with van der Waals surface area (Å²) in [6.07, 6.45) is 4.59. The largest absolute Gasteiger partial charge is 0.379 e. The van der Waals surface area contributed by atoms with E-state index in [0.29, 0.717) is 18.3 Å². The molecule has 0 radical (unpaired) electrons. The molecular weight excluding hydrogens is 140 g/mol. The number of hydrogen-bond acceptors (Lipinski definition) is 2. The van der Waals surface area contributed by atoms with Gasteiger partial charge in [0.15, 0.2) is 0 Å². The summed E-state index contributed by atoms with van der Waals surface area (Å²) in [7, 11) is 1.77. The number of methoxy groups -OCH3 is 1. The summed E-state index contributed by atoms with van der Waals surface area (Å²) in [4.78, 5) is 0. The third kappa shape index (κ3) is 2.46. The molecule has 0 saturated heterocycles. The normalized spacial score (nSPS) is 31.6. The summed E-state index contributed by atoms with van der Waals surface area (Å²) in [5.74, 6) is 0. The molecule has 0 N–H and O–H groups in total. The Kier molecular flexibility index (Phi) is 3.34. The predicted octanol–water partition coefficient (Wildman–Crippen LogP) is 1.98. The van der Waals surface area contributed by atoms with Gasteiger partial charge in [0.2, 0.25) is 0 Å². The molecule has 1 aliphatic carbocycles. The Labute approximate surface area is 68.9 Å². The van der Waals surface area contributed by atoms with Gasteiger partial charge in [0.25, 0.3) is 0 Å². The van der Waals surface area contributed by atoms with Crippen molar-refractivity contribution >= 4 is 0 Å². The molecule has 66 valence electrons. The van der Waals surface area contributed by atoms with Crippen LogP contribution in [0.2, 0.25) is 0 Å². The van der Waals surface area contributed by atoms with E-state index in [-0.39, 0.29) is 0 Å². The molecular formula is C9H18O2. The lowest BCUT2D eigenvalue weighted by molar-refractivity contribution is -0.0631. The Hall–Kier alpha value is -0.0800. The standard InChI is InChI=1S/C9H18O2/c1-7(2)11-9-6-4-5-8(9)10-3/h7-9H,4-6H2,1-3H3/t8-,9+/m1/s1.